The molecule has 3 rings (SSSR count). The number of methoxy groups -OCH3 is 2. The predicted molar refractivity (Wildman–Crippen MR) is 99.3 cm³/mol. The van der Waals surface area contributed by atoms with Gasteiger partial charge in [0.05, 0.1) is 19.9 Å². The molecule has 3 aromatic rings. The molecule has 0 fully saturated rings. The molecule has 6 heteroatoms. The van der Waals surface area contributed by atoms with E-state index >= 15 is 0 Å². The van der Waals surface area contributed by atoms with E-state index in [0.29, 0.717) is 22.9 Å². The molecule has 0 bridgehead atoms. The van der Waals surface area contributed by atoms with Gasteiger partial charge in [-0.3, -0.25) is 4.79 Å². The van der Waals surface area contributed by atoms with Gasteiger partial charge in [-0.05, 0) is 36.4 Å². The molecule has 0 aliphatic rings. The standard InChI is InChI=1S/C19H16BrNO4/c1-23-14-7-8-15(18(11-14)24-2)21-19(22)17-10-9-16(25-17)12-3-5-13(20)6-4-12/h3-11H,1-2H3,(H,21,22). The second-order valence-electron chi connectivity index (χ2n) is 5.19. The molecule has 0 aliphatic carbocycles. The Morgan fingerprint density at radius 1 is 1.00 bits per heavy atom. The summed E-state index contributed by atoms with van der Waals surface area (Å²) < 4.78 is 17.1. The normalized spacial score (nSPS) is 10.4. The third-order valence-corrected chi connectivity index (χ3v) is 4.14. The summed E-state index contributed by atoms with van der Waals surface area (Å²) in [6, 6.07) is 16.2. The molecular formula is C19H16BrNO4. The number of benzene rings is 2. The Kier molecular flexibility index (Phi) is 5.09. The average molecular weight is 402 g/mol. The first kappa shape index (κ1) is 17.1. The Hall–Kier alpha value is -2.73. The van der Waals surface area contributed by atoms with Crippen molar-refractivity contribution < 1.29 is 18.7 Å². The van der Waals surface area contributed by atoms with Gasteiger partial charge in [-0.1, -0.05) is 28.1 Å². The van der Waals surface area contributed by atoms with Crippen LogP contribution in [0.1, 0.15) is 10.6 Å². The van der Waals surface area contributed by atoms with Crippen LogP contribution in [0, 0.1) is 0 Å². The summed E-state index contributed by atoms with van der Waals surface area (Å²) in [5.41, 5.74) is 1.43. The lowest BCUT2D eigenvalue weighted by molar-refractivity contribution is 0.0997. The fourth-order valence-electron chi connectivity index (χ4n) is 2.31. The van der Waals surface area contributed by atoms with Gasteiger partial charge < -0.3 is 19.2 Å². The zero-order valence-electron chi connectivity index (χ0n) is 13.7. The topological polar surface area (TPSA) is 60.7 Å². The van der Waals surface area contributed by atoms with Gasteiger partial charge in [0.2, 0.25) is 0 Å². The number of ether oxygens (including phenoxy) is 2. The van der Waals surface area contributed by atoms with Crippen molar-refractivity contribution in [2.24, 2.45) is 0 Å². The van der Waals surface area contributed by atoms with Crippen molar-refractivity contribution in [3.8, 4) is 22.8 Å². The van der Waals surface area contributed by atoms with Crippen LogP contribution in [0.15, 0.2) is 63.5 Å². The van der Waals surface area contributed by atoms with Crippen LogP contribution in [-0.2, 0) is 0 Å². The molecule has 0 saturated carbocycles. The minimum absolute atomic E-state index is 0.218. The summed E-state index contributed by atoms with van der Waals surface area (Å²) in [6.45, 7) is 0. The second kappa shape index (κ2) is 7.44. The molecule has 0 unspecified atom stereocenters. The van der Waals surface area contributed by atoms with Crippen LogP contribution in [0.5, 0.6) is 11.5 Å². The molecule has 0 spiro atoms. The van der Waals surface area contributed by atoms with Crippen molar-refractivity contribution in [3.05, 3.63) is 64.8 Å². The maximum absolute atomic E-state index is 12.4. The van der Waals surface area contributed by atoms with Crippen LogP contribution in [0.25, 0.3) is 11.3 Å². The number of anilines is 1. The fourth-order valence-corrected chi connectivity index (χ4v) is 2.58. The van der Waals surface area contributed by atoms with Crippen molar-refractivity contribution in [2.45, 2.75) is 0 Å². The Morgan fingerprint density at radius 3 is 2.44 bits per heavy atom. The van der Waals surface area contributed by atoms with Crippen molar-refractivity contribution in [3.63, 3.8) is 0 Å². The number of rotatable bonds is 5. The van der Waals surface area contributed by atoms with Crippen LogP contribution in [0.3, 0.4) is 0 Å². The fraction of sp³-hybridized carbons (Fsp3) is 0.105. The lowest BCUT2D eigenvalue weighted by Gasteiger charge is -2.10. The molecule has 1 N–H and O–H groups in total. The molecule has 1 heterocycles. The van der Waals surface area contributed by atoms with E-state index in [-0.39, 0.29) is 11.7 Å². The van der Waals surface area contributed by atoms with E-state index in [4.69, 9.17) is 13.9 Å². The van der Waals surface area contributed by atoms with Gasteiger partial charge in [0.15, 0.2) is 5.76 Å². The number of carbonyl (C=O) groups excluding carboxylic acids is 1. The summed E-state index contributed by atoms with van der Waals surface area (Å²) in [5, 5.41) is 2.78. The first-order chi connectivity index (χ1) is 12.1. The molecule has 5 nitrogen and oxygen atoms in total. The maximum atomic E-state index is 12.4. The third-order valence-electron chi connectivity index (χ3n) is 3.62. The number of hydrogen-bond donors (Lipinski definition) is 1. The Bertz CT molecular complexity index is 887. The smallest absolute Gasteiger partial charge is 0.291 e. The highest BCUT2D eigenvalue weighted by atomic mass is 79.9. The second-order valence-corrected chi connectivity index (χ2v) is 6.11. The highest BCUT2D eigenvalue weighted by Gasteiger charge is 2.15. The summed E-state index contributed by atoms with van der Waals surface area (Å²) in [4.78, 5) is 12.4. The first-order valence-corrected chi connectivity index (χ1v) is 8.29. The lowest BCUT2D eigenvalue weighted by atomic mass is 10.2. The van der Waals surface area contributed by atoms with E-state index in [2.05, 4.69) is 21.2 Å². The largest absolute Gasteiger partial charge is 0.497 e. The molecule has 1 aromatic heterocycles. The number of amides is 1. The van der Waals surface area contributed by atoms with E-state index in [1.54, 1.807) is 37.4 Å². The summed E-state index contributed by atoms with van der Waals surface area (Å²) >= 11 is 3.39. The van der Waals surface area contributed by atoms with E-state index in [1.165, 1.54) is 7.11 Å². The summed E-state index contributed by atoms with van der Waals surface area (Å²) in [5.74, 6) is 1.64. The van der Waals surface area contributed by atoms with Gasteiger partial charge in [-0.2, -0.15) is 0 Å². The highest BCUT2D eigenvalue weighted by Crippen LogP contribution is 2.30. The minimum atomic E-state index is -0.355. The number of nitrogens with one attached hydrogen (secondary N) is 1. The van der Waals surface area contributed by atoms with Gasteiger partial charge in [0.1, 0.15) is 17.3 Å². The maximum Gasteiger partial charge on any atom is 0.291 e. The van der Waals surface area contributed by atoms with Crippen molar-refractivity contribution in [1.82, 2.24) is 0 Å². The van der Waals surface area contributed by atoms with E-state index < -0.39 is 0 Å². The number of halogens is 1. The van der Waals surface area contributed by atoms with Crippen LogP contribution in [-0.4, -0.2) is 20.1 Å². The number of furan rings is 1. The lowest BCUT2D eigenvalue weighted by Crippen LogP contribution is -2.11. The van der Waals surface area contributed by atoms with Gasteiger partial charge in [-0.15, -0.1) is 0 Å². The molecule has 0 aliphatic heterocycles. The van der Waals surface area contributed by atoms with Gasteiger partial charge in [0.25, 0.3) is 5.91 Å². The molecule has 2 aromatic carbocycles. The van der Waals surface area contributed by atoms with Crippen LogP contribution < -0.4 is 14.8 Å². The van der Waals surface area contributed by atoms with E-state index in [0.717, 1.165) is 10.0 Å². The summed E-state index contributed by atoms with van der Waals surface area (Å²) in [7, 11) is 3.10. The van der Waals surface area contributed by atoms with E-state index in [9.17, 15) is 4.79 Å². The molecule has 0 saturated heterocycles. The van der Waals surface area contributed by atoms with Crippen LogP contribution >= 0.6 is 15.9 Å². The van der Waals surface area contributed by atoms with E-state index in [1.807, 2.05) is 24.3 Å². The number of carbonyl (C=O) groups is 1. The SMILES string of the molecule is COc1ccc(NC(=O)c2ccc(-c3ccc(Br)cc3)o2)c(OC)c1. The van der Waals surface area contributed by atoms with Crippen molar-refractivity contribution in [1.29, 1.82) is 0 Å². The van der Waals surface area contributed by atoms with Crippen LogP contribution in [0.4, 0.5) is 5.69 Å². The molecular weight excluding hydrogens is 386 g/mol. The van der Waals surface area contributed by atoms with Gasteiger partial charge >= 0.3 is 0 Å². The Morgan fingerprint density at radius 2 is 1.76 bits per heavy atom. The average Bonchev–Trinajstić information content (AvgIpc) is 3.13. The van der Waals surface area contributed by atoms with Crippen molar-refractivity contribution >= 4 is 27.5 Å². The van der Waals surface area contributed by atoms with Crippen molar-refractivity contribution in [2.75, 3.05) is 19.5 Å². The van der Waals surface area contributed by atoms with Crippen LogP contribution in [0.2, 0.25) is 0 Å². The molecule has 0 atom stereocenters. The molecule has 25 heavy (non-hydrogen) atoms. The van der Waals surface area contributed by atoms with Gasteiger partial charge in [0, 0.05) is 16.1 Å². The minimum Gasteiger partial charge on any atom is -0.497 e. The monoisotopic (exact) mass is 401 g/mol. The molecule has 128 valence electrons. The molecule has 1 amide bonds. The Balaban J connectivity index is 1.79. The third kappa shape index (κ3) is 3.85. The quantitative estimate of drug-likeness (QED) is 0.654. The first-order valence-electron chi connectivity index (χ1n) is 7.50. The molecule has 0 radical (unpaired) electrons. The van der Waals surface area contributed by atoms with Gasteiger partial charge in [-0.25, -0.2) is 0 Å². The summed E-state index contributed by atoms with van der Waals surface area (Å²) in [6.07, 6.45) is 0. The highest BCUT2D eigenvalue weighted by molar-refractivity contribution is 9.10. The number of hydrogen-bond acceptors (Lipinski definition) is 4. The zero-order valence-corrected chi connectivity index (χ0v) is 15.3. The predicted octanol–water partition coefficient (Wildman–Crippen LogP) is 4.98. The Labute approximate surface area is 153 Å². The zero-order chi connectivity index (χ0) is 17.8.